The van der Waals surface area contributed by atoms with E-state index in [0.717, 1.165) is 10.8 Å². The molecule has 0 bridgehead atoms. The molecule has 0 aliphatic heterocycles. The average Bonchev–Trinajstić information content (AvgIpc) is 2.56. The molecular weight excluding hydrogens is 252 g/mol. The van der Waals surface area contributed by atoms with Crippen molar-refractivity contribution in [1.82, 2.24) is 14.9 Å². The standard InChI is InChI=1S/C10H14ClF2N3O/c1-6(2)4-15-9(17)10(12,13)8-14-5-7(11)16(8)3/h5-6H,4H2,1-3H3,(H,15,17). The van der Waals surface area contributed by atoms with Crippen LogP contribution in [0.3, 0.4) is 0 Å². The molecule has 96 valence electrons. The van der Waals surface area contributed by atoms with Crippen LogP contribution in [0.4, 0.5) is 8.78 Å². The molecule has 0 fully saturated rings. The predicted octanol–water partition coefficient (Wildman–Crippen LogP) is 1.94. The van der Waals surface area contributed by atoms with E-state index in [1.807, 2.05) is 13.8 Å². The Morgan fingerprint density at radius 1 is 1.65 bits per heavy atom. The van der Waals surface area contributed by atoms with Gasteiger partial charge in [0.05, 0.1) is 6.20 Å². The van der Waals surface area contributed by atoms with Gasteiger partial charge < -0.3 is 9.88 Å². The van der Waals surface area contributed by atoms with Crippen molar-refractivity contribution >= 4 is 17.5 Å². The van der Waals surface area contributed by atoms with Crippen LogP contribution >= 0.6 is 11.6 Å². The van der Waals surface area contributed by atoms with Crippen molar-refractivity contribution in [1.29, 1.82) is 0 Å². The number of hydrogen-bond donors (Lipinski definition) is 1. The second kappa shape index (κ2) is 5.00. The number of carbonyl (C=O) groups is 1. The summed E-state index contributed by atoms with van der Waals surface area (Å²) in [6.45, 7) is 3.82. The minimum Gasteiger partial charge on any atom is -0.350 e. The number of halogens is 3. The smallest absolute Gasteiger partial charge is 0.350 e. The molecule has 1 rings (SSSR count). The summed E-state index contributed by atoms with van der Waals surface area (Å²) in [6.07, 6.45) is 1.08. The molecule has 0 saturated heterocycles. The molecule has 0 spiro atoms. The first-order valence-corrected chi connectivity index (χ1v) is 5.48. The first-order chi connectivity index (χ1) is 7.76. The van der Waals surface area contributed by atoms with E-state index >= 15 is 0 Å². The van der Waals surface area contributed by atoms with Crippen molar-refractivity contribution in [3.05, 3.63) is 17.2 Å². The zero-order valence-electron chi connectivity index (χ0n) is 9.80. The molecular formula is C10H14ClF2N3O. The van der Waals surface area contributed by atoms with Gasteiger partial charge in [-0.3, -0.25) is 4.79 Å². The van der Waals surface area contributed by atoms with E-state index in [1.165, 1.54) is 7.05 Å². The number of carbonyl (C=O) groups excluding carboxylic acids is 1. The Bertz CT molecular complexity index is 418. The van der Waals surface area contributed by atoms with E-state index in [-0.39, 0.29) is 17.6 Å². The molecule has 4 nitrogen and oxygen atoms in total. The van der Waals surface area contributed by atoms with Gasteiger partial charge in [-0.15, -0.1) is 0 Å². The van der Waals surface area contributed by atoms with Gasteiger partial charge in [0, 0.05) is 13.6 Å². The monoisotopic (exact) mass is 265 g/mol. The van der Waals surface area contributed by atoms with Crippen molar-refractivity contribution in [2.24, 2.45) is 13.0 Å². The van der Waals surface area contributed by atoms with Crippen molar-refractivity contribution in [3.8, 4) is 0 Å². The minimum atomic E-state index is -3.68. The zero-order chi connectivity index (χ0) is 13.2. The molecule has 1 N–H and O–H groups in total. The summed E-state index contributed by atoms with van der Waals surface area (Å²) in [6, 6.07) is 0. The third kappa shape index (κ3) is 2.94. The van der Waals surface area contributed by atoms with Crippen LogP contribution in [0.1, 0.15) is 19.7 Å². The molecule has 0 aliphatic rings. The molecule has 1 heterocycles. The maximum atomic E-state index is 13.7. The number of aromatic nitrogens is 2. The van der Waals surface area contributed by atoms with Gasteiger partial charge in [0.25, 0.3) is 5.91 Å². The summed E-state index contributed by atoms with van der Waals surface area (Å²) in [5, 5.41) is 2.22. The van der Waals surface area contributed by atoms with Gasteiger partial charge in [-0.05, 0) is 5.92 Å². The van der Waals surface area contributed by atoms with Crippen molar-refractivity contribution in [3.63, 3.8) is 0 Å². The maximum Gasteiger partial charge on any atom is 0.381 e. The van der Waals surface area contributed by atoms with Crippen LogP contribution in [0, 0.1) is 5.92 Å². The number of amides is 1. The molecule has 7 heteroatoms. The number of nitrogens with zero attached hydrogens (tertiary/aromatic N) is 2. The highest BCUT2D eigenvalue weighted by Gasteiger charge is 2.45. The summed E-state index contributed by atoms with van der Waals surface area (Å²) >= 11 is 5.60. The summed E-state index contributed by atoms with van der Waals surface area (Å²) in [4.78, 5) is 14.8. The fraction of sp³-hybridized carbons (Fsp3) is 0.600. The Morgan fingerprint density at radius 3 is 2.65 bits per heavy atom. The van der Waals surface area contributed by atoms with Gasteiger partial charge in [-0.1, -0.05) is 25.4 Å². The third-order valence-corrected chi connectivity index (χ3v) is 2.52. The highest BCUT2D eigenvalue weighted by atomic mass is 35.5. The number of nitrogens with one attached hydrogen (secondary N) is 1. The zero-order valence-corrected chi connectivity index (χ0v) is 10.6. The first-order valence-electron chi connectivity index (χ1n) is 5.10. The lowest BCUT2D eigenvalue weighted by atomic mass is 10.2. The topological polar surface area (TPSA) is 46.9 Å². The summed E-state index contributed by atoms with van der Waals surface area (Å²) in [5.74, 6) is -5.61. The van der Waals surface area contributed by atoms with Crippen molar-refractivity contribution < 1.29 is 13.6 Å². The van der Waals surface area contributed by atoms with Gasteiger partial charge in [-0.25, -0.2) is 4.98 Å². The van der Waals surface area contributed by atoms with Crippen LogP contribution in [0.25, 0.3) is 0 Å². The molecule has 1 amide bonds. The van der Waals surface area contributed by atoms with Gasteiger partial charge in [0.1, 0.15) is 5.15 Å². The Kier molecular flexibility index (Phi) is 4.08. The fourth-order valence-electron chi connectivity index (χ4n) is 1.19. The Morgan fingerprint density at radius 2 is 2.24 bits per heavy atom. The molecule has 1 aromatic heterocycles. The molecule has 0 atom stereocenters. The van der Waals surface area contributed by atoms with Crippen molar-refractivity contribution in [2.75, 3.05) is 6.54 Å². The SMILES string of the molecule is CC(C)CNC(=O)C(F)(F)c1ncc(Cl)n1C. The summed E-state index contributed by atoms with van der Waals surface area (Å²) in [7, 11) is 1.33. The van der Waals surface area contributed by atoms with E-state index in [4.69, 9.17) is 11.6 Å². The van der Waals surface area contributed by atoms with Gasteiger partial charge >= 0.3 is 5.92 Å². The number of hydrogen-bond acceptors (Lipinski definition) is 2. The molecule has 0 saturated carbocycles. The van der Waals surface area contributed by atoms with E-state index in [1.54, 1.807) is 0 Å². The van der Waals surface area contributed by atoms with Gasteiger partial charge in [0.15, 0.2) is 5.82 Å². The van der Waals surface area contributed by atoms with Crippen LogP contribution < -0.4 is 5.32 Å². The average molecular weight is 266 g/mol. The Hall–Kier alpha value is -1.17. The fourth-order valence-corrected chi connectivity index (χ4v) is 1.32. The predicted molar refractivity (Wildman–Crippen MR) is 60.0 cm³/mol. The lowest BCUT2D eigenvalue weighted by Crippen LogP contribution is -2.41. The normalized spacial score (nSPS) is 11.9. The van der Waals surface area contributed by atoms with Crippen LogP contribution in [-0.2, 0) is 17.8 Å². The van der Waals surface area contributed by atoms with Crippen molar-refractivity contribution in [2.45, 2.75) is 19.8 Å². The second-order valence-corrected chi connectivity index (χ2v) is 4.53. The molecule has 0 radical (unpaired) electrons. The Balaban J connectivity index is 2.87. The summed E-state index contributed by atoms with van der Waals surface area (Å²) < 4.78 is 28.4. The van der Waals surface area contributed by atoms with Crippen LogP contribution in [0.2, 0.25) is 5.15 Å². The molecule has 17 heavy (non-hydrogen) atoms. The Labute approximate surface area is 103 Å². The lowest BCUT2D eigenvalue weighted by Gasteiger charge is -2.16. The minimum absolute atomic E-state index is 0.0522. The maximum absolute atomic E-state index is 13.7. The second-order valence-electron chi connectivity index (χ2n) is 4.14. The highest BCUT2D eigenvalue weighted by molar-refractivity contribution is 6.29. The lowest BCUT2D eigenvalue weighted by molar-refractivity contribution is -0.148. The summed E-state index contributed by atoms with van der Waals surface area (Å²) in [5.41, 5.74) is 0. The van der Waals surface area contributed by atoms with Gasteiger partial charge in [0.2, 0.25) is 0 Å². The quantitative estimate of drug-likeness (QED) is 0.904. The van der Waals surface area contributed by atoms with E-state index < -0.39 is 17.7 Å². The highest BCUT2D eigenvalue weighted by Crippen LogP contribution is 2.28. The molecule has 1 aromatic rings. The molecule has 0 unspecified atom stereocenters. The third-order valence-electron chi connectivity index (χ3n) is 2.17. The van der Waals surface area contributed by atoms with Crippen LogP contribution in [-0.4, -0.2) is 22.0 Å². The first kappa shape index (κ1) is 13.9. The largest absolute Gasteiger partial charge is 0.381 e. The van der Waals surface area contributed by atoms with E-state index in [2.05, 4.69) is 10.3 Å². The molecule has 0 aliphatic carbocycles. The van der Waals surface area contributed by atoms with E-state index in [0.29, 0.717) is 0 Å². The van der Waals surface area contributed by atoms with Crippen LogP contribution in [0.5, 0.6) is 0 Å². The number of rotatable bonds is 4. The van der Waals surface area contributed by atoms with Gasteiger partial charge in [-0.2, -0.15) is 8.78 Å². The molecule has 0 aromatic carbocycles. The van der Waals surface area contributed by atoms with Crippen LogP contribution in [0.15, 0.2) is 6.20 Å². The van der Waals surface area contributed by atoms with E-state index in [9.17, 15) is 13.6 Å². The number of alkyl halides is 2. The number of imidazole rings is 1.